The maximum absolute atomic E-state index is 12.4. The average Bonchev–Trinajstić information content (AvgIpc) is 3.31. The van der Waals surface area contributed by atoms with Crippen molar-refractivity contribution in [3.8, 4) is 0 Å². The predicted octanol–water partition coefficient (Wildman–Crippen LogP) is 17.6. The normalized spacial score (nSPS) is 12.9. The minimum absolute atomic E-state index is 0.00951. The fourth-order valence-electron chi connectivity index (χ4n) is 8.72. The van der Waals surface area contributed by atoms with Crippen LogP contribution in [-0.4, -0.2) is 47.4 Å². The molecule has 0 heterocycles. The standard InChI is InChI=1S/C59H111NO5/c1-3-5-7-9-11-13-14-15-16-27-30-33-37-41-45-49-53-59(64)65-54-50-46-42-38-34-31-28-25-23-21-19-17-18-20-22-24-26-29-32-36-40-44-48-52-58(63)60-56(55-61)57(62)51-47-43-39-35-12-10-8-6-4-2/h17,19-20,22,47,51,56-57,61-62H,3-16,18,21,23-46,48-50,52-55H2,1-2H3,(H,60,63)/b19-17-,22-20-,51-47+. The number of aliphatic hydroxyl groups is 2. The molecule has 2 atom stereocenters. The van der Waals surface area contributed by atoms with Gasteiger partial charge >= 0.3 is 5.97 Å². The zero-order chi connectivity index (χ0) is 47.2. The monoisotopic (exact) mass is 914 g/mol. The number of unbranched alkanes of at least 4 members (excludes halogenated alkanes) is 38. The van der Waals surface area contributed by atoms with Gasteiger partial charge in [0.05, 0.1) is 25.4 Å². The van der Waals surface area contributed by atoms with Crippen molar-refractivity contribution in [2.75, 3.05) is 13.2 Å². The van der Waals surface area contributed by atoms with Crippen molar-refractivity contribution in [1.82, 2.24) is 5.32 Å². The fourth-order valence-corrected chi connectivity index (χ4v) is 8.72. The number of aliphatic hydroxyl groups excluding tert-OH is 2. The lowest BCUT2D eigenvalue weighted by molar-refractivity contribution is -0.143. The Balaban J connectivity index is 3.42. The van der Waals surface area contributed by atoms with Crippen LogP contribution in [0.4, 0.5) is 0 Å². The Labute approximate surface area is 404 Å². The number of rotatable bonds is 53. The molecule has 2 unspecified atom stereocenters. The Morgan fingerprint density at radius 3 is 1.17 bits per heavy atom. The molecule has 1 amide bonds. The SMILES string of the molecule is CCCCCCCCC/C=C/C(O)C(CO)NC(=O)CCCCCCCCC/C=C\C/C=C\CCCCCCCCCCCOC(=O)CCCCCCCCCCCCCCCCCC. The summed E-state index contributed by atoms with van der Waals surface area (Å²) in [6, 6.07) is -0.633. The van der Waals surface area contributed by atoms with Gasteiger partial charge in [0.15, 0.2) is 0 Å². The zero-order valence-electron chi connectivity index (χ0n) is 43.5. The molecular formula is C59H111NO5. The number of hydrogen-bond acceptors (Lipinski definition) is 5. The molecule has 0 rings (SSSR count). The van der Waals surface area contributed by atoms with Crippen LogP contribution in [0.5, 0.6) is 0 Å². The van der Waals surface area contributed by atoms with Crippen LogP contribution in [-0.2, 0) is 14.3 Å². The van der Waals surface area contributed by atoms with Crippen LogP contribution < -0.4 is 5.32 Å². The number of carbonyl (C=O) groups is 2. The largest absolute Gasteiger partial charge is 0.466 e. The van der Waals surface area contributed by atoms with Crippen molar-refractivity contribution in [1.29, 1.82) is 0 Å². The van der Waals surface area contributed by atoms with Gasteiger partial charge in [-0.3, -0.25) is 9.59 Å². The Morgan fingerprint density at radius 1 is 0.431 bits per heavy atom. The van der Waals surface area contributed by atoms with Crippen molar-refractivity contribution in [3.05, 3.63) is 36.5 Å². The molecule has 3 N–H and O–H groups in total. The van der Waals surface area contributed by atoms with Crippen molar-refractivity contribution in [2.45, 2.75) is 315 Å². The molecule has 0 aromatic rings. The van der Waals surface area contributed by atoms with E-state index in [9.17, 15) is 19.8 Å². The van der Waals surface area contributed by atoms with E-state index in [0.29, 0.717) is 19.4 Å². The first kappa shape index (κ1) is 63.1. The number of hydrogen-bond donors (Lipinski definition) is 3. The number of carbonyl (C=O) groups excluding carboxylic acids is 2. The molecule has 0 spiro atoms. The summed E-state index contributed by atoms with van der Waals surface area (Å²) in [4.78, 5) is 24.4. The van der Waals surface area contributed by atoms with Gasteiger partial charge in [0.2, 0.25) is 5.91 Å². The van der Waals surface area contributed by atoms with E-state index in [1.807, 2.05) is 6.08 Å². The Bertz CT molecular complexity index is 1060. The predicted molar refractivity (Wildman–Crippen MR) is 283 cm³/mol. The van der Waals surface area contributed by atoms with E-state index >= 15 is 0 Å². The minimum atomic E-state index is -0.849. The second-order valence-corrected chi connectivity index (χ2v) is 19.6. The Hall–Kier alpha value is -1.92. The smallest absolute Gasteiger partial charge is 0.305 e. The van der Waals surface area contributed by atoms with E-state index in [0.717, 1.165) is 57.8 Å². The van der Waals surface area contributed by atoms with Gasteiger partial charge in [-0.15, -0.1) is 0 Å². The second-order valence-electron chi connectivity index (χ2n) is 19.6. The molecule has 0 aromatic carbocycles. The fraction of sp³-hybridized carbons (Fsp3) is 0.864. The highest BCUT2D eigenvalue weighted by molar-refractivity contribution is 5.76. The van der Waals surface area contributed by atoms with Gasteiger partial charge in [-0.05, 0) is 64.2 Å². The highest BCUT2D eigenvalue weighted by Gasteiger charge is 2.18. The third-order valence-corrected chi connectivity index (χ3v) is 13.2. The summed E-state index contributed by atoms with van der Waals surface area (Å²) in [6.07, 6.45) is 67.5. The van der Waals surface area contributed by atoms with Gasteiger partial charge in [-0.25, -0.2) is 0 Å². The van der Waals surface area contributed by atoms with Crippen LogP contribution in [0.1, 0.15) is 303 Å². The highest BCUT2D eigenvalue weighted by Crippen LogP contribution is 2.16. The summed E-state index contributed by atoms with van der Waals surface area (Å²) in [5, 5.41) is 22.9. The molecule has 0 bridgehead atoms. The van der Waals surface area contributed by atoms with Crippen molar-refractivity contribution >= 4 is 11.9 Å². The lowest BCUT2D eigenvalue weighted by Gasteiger charge is -2.20. The molecule has 0 fully saturated rings. The van der Waals surface area contributed by atoms with Gasteiger partial charge < -0.3 is 20.3 Å². The first-order valence-electron chi connectivity index (χ1n) is 28.8. The van der Waals surface area contributed by atoms with Gasteiger partial charge in [-0.2, -0.15) is 0 Å². The molecule has 0 radical (unpaired) electrons. The lowest BCUT2D eigenvalue weighted by Crippen LogP contribution is -2.45. The zero-order valence-corrected chi connectivity index (χ0v) is 43.5. The summed E-state index contributed by atoms with van der Waals surface area (Å²) in [7, 11) is 0. The number of amides is 1. The maximum Gasteiger partial charge on any atom is 0.305 e. The van der Waals surface area contributed by atoms with E-state index in [2.05, 4.69) is 43.5 Å². The van der Waals surface area contributed by atoms with Crippen molar-refractivity contribution < 1.29 is 24.5 Å². The molecule has 6 nitrogen and oxygen atoms in total. The van der Waals surface area contributed by atoms with Crippen LogP contribution in [0.3, 0.4) is 0 Å². The first-order valence-corrected chi connectivity index (χ1v) is 28.8. The first-order chi connectivity index (χ1) is 32.0. The molecule has 0 saturated carbocycles. The van der Waals surface area contributed by atoms with Crippen LogP contribution in [0.15, 0.2) is 36.5 Å². The molecule has 6 heteroatoms. The molecule has 0 saturated heterocycles. The van der Waals surface area contributed by atoms with Gasteiger partial charge in [0.1, 0.15) is 0 Å². The minimum Gasteiger partial charge on any atom is -0.466 e. The number of nitrogens with one attached hydrogen (secondary N) is 1. The van der Waals surface area contributed by atoms with Crippen molar-refractivity contribution in [3.63, 3.8) is 0 Å². The van der Waals surface area contributed by atoms with Crippen LogP contribution in [0, 0.1) is 0 Å². The molecule has 0 aliphatic carbocycles. The van der Waals surface area contributed by atoms with E-state index < -0.39 is 12.1 Å². The lowest BCUT2D eigenvalue weighted by atomic mass is 10.0. The quantitative estimate of drug-likeness (QED) is 0.0321. The highest BCUT2D eigenvalue weighted by atomic mass is 16.5. The van der Waals surface area contributed by atoms with Crippen LogP contribution >= 0.6 is 0 Å². The summed E-state index contributed by atoms with van der Waals surface area (Å²) < 4.78 is 5.48. The molecule has 65 heavy (non-hydrogen) atoms. The Morgan fingerprint density at radius 2 is 0.769 bits per heavy atom. The third kappa shape index (κ3) is 51.3. The third-order valence-electron chi connectivity index (χ3n) is 13.2. The van der Waals surface area contributed by atoms with Crippen LogP contribution in [0.2, 0.25) is 0 Å². The van der Waals surface area contributed by atoms with E-state index in [-0.39, 0.29) is 18.5 Å². The molecule has 382 valence electrons. The van der Waals surface area contributed by atoms with E-state index in [1.54, 1.807) is 6.08 Å². The number of ether oxygens (including phenoxy) is 1. The second kappa shape index (κ2) is 54.7. The van der Waals surface area contributed by atoms with Gasteiger partial charge in [-0.1, -0.05) is 262 Å². The summed E-state index contributed by atoms with van der Waals surface area (Å²) in [5.41, 5.74) is 0. The summed E-state index contributed by atoms with van der Waals surface area (Å²) >= 11 is 0. The topological polar surface area (TPSA) is 95.9 Å². The summed E-state index contributed by atoms with van der Waals surface area (Å²) in [5.74, 6) is -0.0719. The average molecular weight is 915 g/mol. The number of allylic oxidation sites excluding steroid dienone is 5. The maximum atomic E-state index is 12.4. The van der Waals surface area contributed by atoms with E-state index in [1.165, 1.54) is 218 Å². The Kier molecular flexibility index (Phi) is 53.1. The van der Waals surface area contributed by atoms with Crippen LogP contribution in [0.25, 0.3) is 0 Å². The molecule has 0 aromatic heterocycles. The molecule has 0 aliphatic heterocycles. The summed E-state index contributed by atoms with van der Waals surface area (Å²) in [6.45, 7) is 4.87. The molecular weight excluding hydrogens is 803 g/mol. The van der Waals surface area contributed by atoms with Gasteiger partial charge in [0.25, 0.3) is 0 Å². The van der Waals surface area contributed by atoms with Crippen molar-refractivity contribution in [2.24, 2.45) is 0 Å². The molecule has 0 aliphatic rings. The number of esters is 1. The van der Waals surface area contributed by atoms with Gasteiger partial charge in [0, 0.05) is 12.8 Å². The van der Waals surface area contributed by atoms with E-state index in [4.69, 9.17) is 4.74 Å².